The van der Waals surface area contributed by atoms with Gasteiger partial charge in [-0.05, 0) is 31.9 Å². The summed E-state index contributed by atoms with van der Waals surface area (Å²) in [5, 5.41) is 14.3. The predicted molar refractivity (Wildman–Crippen MR) is 101 cm³/mol. The summed E-state index contributed by atoms with van der Waals surface area (Å²) in [5.74, 6) is 0.565. The second-order valence-electron chi connectivity index (χ2n) is 6.44. The molecule has 2 N–H and O–H groups in total. The second kappa shape index (κ2) is 7.06. The molecule has 0 unspecified atom stereocenters. The highest BCUT2D eigenvalue weighted by Gasteiger charge is 2.30. The van der Waals surface area contributed by atoms with Crippen molar-refractivity contribution in [1.82, 2.24) is 19.6 Å². The van der Waals surface area contributed by atoms with E-state index in [0.29, 0.717) is 11.6 Å². The van der Waals surface area contributed by atoms with Crippen molar-refractivity contribution in [2.75, 3.05) is 10.6 Å². The van der Waals surface area contributed by atoms with Gasteiger partial charge >= 0.3 is 0 Å². The summed E-state index contributed by atoms with van der Waals surface area (Å²) in [6.45, 7) is 2.69. The molecule has 0 spiro atoms. The van der Waals surface area contributed by atoms with E-state index >= 15 is 0 Å². The number of aryl methyl sites for hydroxylation is 1. The quantitative estimate of drug-likeness (QED) is 0.703. The van der Waals surface area contributed by atoms with Crippen LogP contribution in [0.15, 0.2) is 48.7 Å². The van der Waals surface area contributed by atoms with Gasteiger partial charge in [0, 0.05) is 30.8 Å². The number of hydrogen-bond acceptors (Lipinski definition) is 4. The molecule has 4 rings (SSSR count). The van der Waals surface area contributed by atoms with Gasteiger partial charge in [0.1, 0.15) is 5.82 Å². The first-order valence-electron chi connectivity index (χ1n) is 8.95. The number of nitrogens with zero attached hydrogens (tertiary/aromatic N) is 4. The molecular formula is C19H20N6O2. The molecule has 0 saturated heterocycles. The molecule has 3 aromatic rings. The van der Waals surface area contributed by atoms with Gasteiger partial charge in [0.25, 0.3) is 5.91 Å². The minimum Gasteiger partial charge on any atom is -0.310 e. The molecule has 0 bridgehead atoms. The summed E-state index contributed by atoms with van der Waals surface area (Å²) >= 11 is 0. The number of rotatable bonds is 6. The van der Waals surface area contributed by atoms with Crippen LogP contribution < -0.4 is 10.6 Å². The van der Waals surface area contributed by atoms with Crippen LogP contribution >= 0.6 is 0 Å². The first-order valence-corrected chi connectivity index (χ1v) is 8.95. The van der Waals surface area contributed by atoms with E-state index in [1.54, 1.807) is 27.7 Å². The number of benzene rings is 1. The zero-order valence-corrected chi connectivity index (χ0v) is 14.9. The van der Waals surface area contributed by atoms with Gasteiger partial charge in [-0.15, -0.1) is 0 Å². The van der Waals surface area contributed by atoms with Crippen LogP contribution in [0.3, 0.4) is 0 Å². The van der Waals surface area contributed by atoms with Gasteiger partial charge in [0.05, 0.1) is 5.69 Å². The van der Waals surface area contributed by atoms with E-state index in [1.807, 2.05) is 37.3 Å². The van der Waals surface area contributed by atoms with Crippen molar-refractivity contribution in [2.45, 2.75) is 26.3 Å². The Hall–Kier alpha value is -3.42. The van der Waals surface area contributed by atoms with Crippen molar-refractivity contribution >= 4 is 23.5 Å². The third kappa shape index (κ3) is 3.74. The van der Waals surface area contributed by atoms with Gasteiger partial charge in [-0.1, -0.05) is 18.2 Å². The molecule has 1 aliphatic carbocycles. The highest BCUT2D eigenvalue weighted by molar-refractivity contribution is 6.03. The van der Waals surface area contributed by atoms with Gasteiger partial charge < -0.3 is 10.6 Å². The first kappa shape index (κ1) is 17.0. The fraction of sp³-hybridized carbons (Fsp3) is 0.263. The van der Waals surface area contributed by atoms with E-state index in [1.165, 1.54) is 0 Å². The predicted octanol–water partition coefficient (Wildman–Crippen LogP) is 2.69. The average Bonchev–Trinajstić information content (AvgIpc) is 3.31. The number of carbonyl (C=O) groups is 2. The summed E-state index contributed by atoms with van der Waals surface area (Å²) in [6.07, 6.45) is 3.59. The Balaban J connectivity index is 1.61. The van der Waals surface area contributed by atoms with Crippen molar-refractivity contribution in [3.8, 4) is 5.69 Å². The molecule has 0 atom stereocenters. The maximum Gasteiger partial charge on any atom is 0.277 e. The molecule has 2 amide bonds. The highest BCUT2D eigenvalue weighted by Crippen LogP contribution is 2.30. The molecule has 1 aromatic carbocycles. The van der Waals surface area contributed by atoms with Gasteiger partial charge in [0.15, 0.2) is 11.5 Å². The number of para-hydroxylation sites is 1. The topological polar surface area (TPSA) is 93.8 Å². The molecule has 138 valence electrons. The molecule has 0 aliphatic heterocycles. The molecule has 0 radical (unpaired) electrons. The van der Waals surface area contributed by atoms with Crippen LogP contribution in [0.2, 0.25) is 0 Å². The van der Waals surface area contributed by atoms with Gasteiger partial charge in [-0.25, -0.2) is 4.68 Å². The Morgan fingerprint density at radius 3 is 2.56 bits per heavy atom. The molecule has 1 saturated carbocycles. The van der Waals surface area contributed by atoms with Crippen LogP contribution in [0.5, 0.6) is 0 Å². The maximum absolute atomic E-state index is 12.6. The molecule has 1 aliphatic rings. The second-order valence-corrected chi connectivity index (χ2v) is 6.44. The first-order chi connectivity index (χ1) is 13.1. The molecule has 2 heterocycles. The van der Waals surface area contributed by atoms with Crippen LogP contribution in [-0.2, 0) is 11.3 Å². The third-order valence-electron chi connectivity index (χ3n) is 4.35. The van der Waals surface area contributed by atoms with Crippen molar-refractivity contribution in [3.63, 3.8) is 0 Å². The maximum atomic E-state index is 12.6. The fourth-order valence-electron chi connectivity index (χ4n) is 2.71. The van der Waals surface area contributed by atoms with E-state index in [2.05, 4.69) is 20.8 Å². The third-order valence-corrected chi connectivity index (χ3v) is 4.35. The molecule has 8 heteroatoms. The Morgan fingerprint density at radius 1 is 1.11 bits per heavy atom. The lowest BCUT2D eigenvalue weighted by Gasteiger charge is -2.08. The number of hydrogen-bond donors (Lipinski definition) is 2. The van der Waals surface area contributed by atoms with Gasteiger partial charge in [-0.2, -0.15) is 10.2 Å². The van der Waals surface area contributed by atoms with E-state index in [9.17, 15) is 9.59 Å². The standard InChI is InChI=1S/C19H20N6O2/c1-2-24-11-10-16(23-24)20-19(27)15-12-17(21-18(26)13-8-9-13)25(22-15)14-6-4-3-5-7-14/h3-7,10-13H,2,8-9H2,1H3,(H,21,26)(H,20,23,27). The van der Waals surface area contributed by atoms with Gasteiger partial charge in [-0.3, -0.25) is 14.3 Å². The van der Waals surface area contributed by atoms with Crippen LogP contribution in [0.1, 0.15) is 30.3 Å². The molecular weight excluding hydrogens is 344 g/mol. The van der Waals surface area contributed by atoms with Crippen molar-refractivity contribution in [3.05, 3.63) is 54.4 Å². The van der Waals surface area contributed by atoms with Crippen molar-refractivity contribution in [2.24, 2.45) is 5.92 Å². The van der Waals surface area contributed by atoms with Crippen LogP contribution in [0.4, 0.5) is 11.6 Å². The number of nitrogens with one attached hydrogen (secondary N) is 2. The fourth-order valence-corrected chi connectivity index (χ4v) is 2.71. The van der Waals surface area contributed by atoms with Crippen molar-refractivity contribution < 1.29 is 9.59 Å². The van der Waals surface area contributed by atoms with Crippen LogP contribution in [-0.4, -0.2) is 31.4 Å². The lowest BCUT2D eigenvalue weighted by molar-refractivity contribution is -0.117. The molecule has 2 aromatic heterocycles. The van der Waals surface area contributed by atoms with Crippen molar-refractivity contribution in [1.29, 1.82) is 0 Å². The van der Waals surface area contributed by atoms with E-state index < -0.39 is 0 Å². The SMILES string of the molecule is CCn1ccc(NC(=O)c2cc(NC(=O)C3CC3)n(-c3ccccc3)n2)n1. The number of carbonyl (C=O) groups excluding carboxylic acids is 2. The van der Waals surface area contributed by atoms with E-state index in [0.717, 1.165) is 25.1 Å². The summed E-state index contributed by atoms with van der Waals surface area (Å²) in [6, 6.07) is 12.7. The Bertz CT molecular complexity index is 971. The Kier molecular flexibility index (Phi) is 4.45. The lowest BCUT2D eigenvalue weighted by Crippen LogP contribution is -2.16. The number of aromatic nitrogens is 4. The minimum absolute atomic E-state index is 0.0410. The zero-order chi connectivity index (χ0) is 18.8. The number of anilines is 2. The van der Waals surface area contributed by atoms with E-state index in [4.69, 9.17) is 0 Å². The molecule has 8 nitrogen and oxygen atoms in total. The largest absolute Gasteiger partial charge is 0.310 e. The molecule has 27 heavy (non-hydrogen) atoms. The van der Waals surface area contributed by atoms with Crippen LogP contribution in [0.25, 0.3) is 5.69 Å². The summed E-state index contributed by atoms with van der Waals surface area (Å²) in [7, 11) is 0. The van der Waals surface area contributed by atoms with Crippen LogP contribution in [0, 0.1) is 5.92 Å². The van der Waals surface area contributed by atoms with E-state index in [-0.39, 0.29) is 23.4 Å². The summed E-state index contributed by atoms with van der Waals surface area (Å²) in [5.41, 5.74) is 0.967. The number of amides is 2. The summed E-state index contributed by atoms with van der Waals surface area (Å²) < 4.78 is 3.29. The zero-order valence-electron chi connectivity index (χ0n) is 14.9. The monoisotopic (exact) mass is 364 g/mol. The normalized spacial score (nSPS) is 13.4. The summed E-state index contributed by atoms with van der Waals surface area (Å²) in [4.78, 5) is 24.8. The average molecular weight is 364 g/mol. The smallest absolute Gasteiger partial charge is 0.277 e. The minimum atomic E-state index is -0.382. The van der Waals surface area contributed by atoms with Gasteiger partial charge in [0.2, 0.25) is 5.91 Å². The Labute approximate surface area is 156 Å². The highest BCUT2D eigenvalue weighted by atomic mass is 16.2. The lowest BCUT2D eigenvalue weighted by atomic mass is 10.3. The Morgan fingerprint density at radius 2 is 1.89 bits per heavy atom. The molecule has 1 fully saturated rings.